The van der Waals surface area contributed by atoms with Crippen LogP contribution in [0, 0.1) is 5.92 Å². The van der Waals surface area contributed by atoms with Crippen molar-refractivity contribution in [3.63, 3.8) is 0 Å². The van der Waals surface area contributed by atoms with Crippen LogP contribution in [0.4, 0.5) is 0 Å². The Bertz CT molecular complexity index is 387. The Morgan fingerprint density at radius 2 is 2.26 bits per heavy atom. The lowest BCUT2D eigenvalue weighted by molar-refractivity contribution is -0.137. The van der Waals surface area contributed by atoms with E-state index in [1.165, 1.54) is 4.88 Å². The summed E-state index contributed by atoms with van der Waals surface area (Å²) in [5.41, 5.74) is 0. The van der Waals surface area contributed by atoms with Crippen molar-refractivity contribution in [2.75, 3.05) is 26.2 Å². The first-order valence-corrected chi connectivity index (χ1v) is 8.16. The Labute approximate surface area is 120 Å². The topological polar surface area (TPSA) is 23.6 Å². The van der Waals surface area contributed by atoms with Crippen LogP contribution in [0.5, 0.6) is 0 Å². The van der Waals surface area contributed by atoms with Gasteiger partial charge in [-0.05, 0) is 44.7 Å². The Morgan fingerprint density at radius 1 is 1.47 bits per heavy atom. The van der Waals surface area contributed by atoms with Crippen molar-refractivity contribution < 1.29 is 4.79 Å². The quantitative estimate of drug-likeness (QED) is 0.828. The van der Waals surface area contributed by atoms with Gasteiger partial charge in [0.1, 0.15) is 0 Å². The number of nitrogens with zero attached hydrogens (tertiary/aromatic N) is 2. The lowest BCUT2D eigenvalue weighted by Crippen LogP contribution is -2.44. The highest BCUT2D eigenvalue weighted by molar-refractivity contribution is 7.09. The summed E-state index contributed by atoms with van der Waals surface area (Å²) in [6.45, 7) is 8.83. The van der Waals surface area contributed by atoms with Crippen LogP contribution in [0.3, 0.4) is 0 Å². The van der Waals surface area contributed by atoms with Gasteiger partial charge in [-0.15, -0.1) is 11.3 Å². The minimum absolute atomic E-state index is 0.202. The lowest BCUT2D eigenvalue weighted by Gasteiger charge is -2.34. The molecule has 1 amide bonds. The van der Waals surface area contributed by atoms with Crippen LogP contribution in [0.15, 0.2) is 17.5 Å². The van der Waals surface area contributed by atoms with Gasteiger partial charge in [0.25, 0.3) is 0 Å². The van der Waals surface area contributed by atoms with E-state index in [2.05, 4.69) is 36.3 Å². The third-order valence-corrected chi connectivity index (χ3v) is 4.75. The zero-order valence-electron chi connectivity index (χ0n) is 12.0. The molecular formula is C15H24N2OS. The molecule has 4 heteroatoms. The summed E-state index contributed by atoms with van der Waals surface area (Å²) in [6, 6.07) is 4.28. The maximum Gasteiger partial charge on any atom is 0.226 e. The van der Waals surface area contributed by atoms with Crippen molar-refractivity contribution >= 4 is 17.2 Å². The van der Waals surface area contributed by atoms with E-state index in [1.807, 2.05) is 4.90 Å². The predicted octanol–water partition coefficient (Wildman–Crippen LogP) is 2.83. The average molecular weight is 280 g/mol. The molecule has 0 saturated carbocycles. The van der Waals surface area contributed by atoms with E-state index < -0.39 is 0 Å². The lowest BCUT2D eigenvalue weighted by atomic mass is 9.96. The van der Waals surface area contributed by atoms with Gasteiger partial charge >= 0.3 is 0 Å². The van der Waals surface area contributed by atoms with E-state index in [0.29, 0.717) is 5.91 Å². The van der Waals surface area contributed by atoms with Crippen LogP contribution in [0.1, 0.15) is 31.6 Å². The van der Waals surface area contributed by atoms with E-state index in [9.17, 15) is 4.79 Å². The molecule has 0 aromatic carbocycles. The maximum absolute atomic E-state index is 12.4. The largest absolute Gasteiger partial charge is 0.343 e. The Morgan fingerprint density at radius 3 is 2.89 bits per heavy atom. The molecule has 1 fully saturated rings. The zero-order valence-corrected chi connectivity index (χ0v) is 12.8. The summed E-state index contributed by atoms with van der Waals surface area (Å²) in [6.07, 6.45) is 2.19. The minimum atomic E-state index is 0.202. The van der Waals surface area contributed by atoms with Gasteiger partial charge in [-0.2, -0.15) is 0 Å². The summed E-state index contributed by atoms with van der Waals surface area (Å²) in [4.78, 5) is 18.2. The van der Waals surface area contributed by atoms with E-state index in [0.717, 1.165) is 45.6 Å². The van der Waals surface area contributed by atoms with E-state index in [4.69, 9.17) is 0 Å². The molecule has 1 saturated heterocycles. The molecule has 0 bridgehead atoms. The summed E-state index contributed by atoms with van der Waals surface area (Å²) in [7, 11) is 0. The number of carbonyl (C=O) groups is 1. The average Bonchev–Trinajstić information content (AvgIpc) is 2.93. The fraction of sp³-hybridized carbons (Fsp3) is 0.667. The normalized spacial score (nSPS) is 20.4. The van der Waals surface area contributed by atoms with Crippen molar-refractivity contribution in [1.82, 2.24) is 9.80 Å². The van der Waals surface area contributed by atoms with Gasteiger partial charge < -0.3 is 4.90 Å². The third kappa shape index (κ3) is 3.80. The number of piperidine rings is 1. The van der Waals surface area contributed by atoms with Gasteiger partial charge in [-0.1, -0.05) is 6.07 Å². The fourth-order valence-electron chi connectivity index (χ4n) is 2.82. The van der Waals surface area contributed by atoms with E-state index in [1.54, 1.807) is 11.3 Å². The predicted molar refractivity (Wildman–Crippen MR) is 80.2 cm³/mol. The first kappa shape index (κ1) is 14.5. The molecule has 1 aliphatic rings. The highest BCUT2D eigenvalue weighted by atomic mass is 32.1. The van der Waals surface area contributed by atoms with Crippen molar-refractivity contribution in [2.24, 2.45) is 5.92 Å². The molecule has 0 N–H and O–H groups in total. The summed E-state index contributed by atoms with van der Waals surface area (Å²) >= 11 is 1.80. The van der Waals surface area contributed by atoms with E-state index in [-0.39, 0.29) is 5.92 Å². The molecule has 1 aliphatic heterocycles. The van der Waals surface area contributed by atoms with E-state index >= 15 is 0 Å². The van der Waals surface area contributed by atoms with Crippen LogP contribution < -0.4 is 0 Å². The van der Waals surface area contributed by atoms with Gasteiger partial charge in [0.2, 0.25) is 5.91 Å². The van der Waals surface area contributed by atoms with Crippen molar-refractivity contribution in [3.05, 3.63) is 22.4 Å². The monoisotopic (exact) mass is 280 g/mol. The first-order valence-electron chi connectivity index (χ1n) is 7.28. The molecule has 0 spiro atoms. The minimum Gasteiger partial charge on any atom is -0.343 e. The molecule has 19 heavy (non-hydrogen) atoms. The van der Waals surface area contributed by atoms with Gasteiger partial charge in [0.05, 0.1) is 5.92 Å². The number of amides is 1. The standard InChI is InChI=1S/C15H24N2OS/c1-3-17(4-2)15(18)13-7-5-9-16(11-13)12-14-8-6-10-19-14/h6,8,10,13H,3-5,7,9,11-12H2,1-2H3/t13-/m1/s1. The fourth-order valence-corrected chi connectivity index (χ4v) is 3.56. The highest BCUT2D eigenvalue weighted by Crippen LogP contribution is 2.21. The number of thiophene rings is 1. The molecule has 1 aromatic rings. The van der Waals surface area contributed by atoms with Crippen LogP contribution in [0.2, 0.25) is 0 Å². The second kappa shape index (κ2) is 7.06. The molecule has 2 heterocycles. The van der Waals surface area contributed by atoms with Crippen LogP contribution in [0.25, 0.3) is 0 Å². The molecule has 0 aliphatic carbocycles. The number of carbonyl (C=O) groups excluding carboxylic acids is 1. The Kier molecular flexibility index (Phi) is 5.40. The molecule has 0 radical (unpaired) electrons. The molecule has 106 valence electrons. The highest BCUT2D eigenvalue weighted by Gasteiger charge is 2.28. The molecule has 1 aromatic heterocycles. The third-order valence-electron chi connectivity index (χ3n) is 3.89. The van der Waals surface area contributed by atoms with Crippen LogP contribution in [-0.2, 0) is 11.3 Å². The second-order valence-electron chi connectivity index (χ2n) is 5.16. The zero-order chi connectivity index (χ0) is 13.7. The molecule has 1 atom stereocenters. The molecule has 0 unspecified atom stereocenters. The molecule has 2 rings (SSSR count). The van der Waals surface area contributed by atoms with Crippen LogP contribution in [-0.4, -0.2) is 41.9 Å². The summed E-state index contributed by atoms with van der Waals surface area (Å²) in [5, 5.41) is 2.12. The number of likely N-dealkylation sites (tertiary alicyclic amines) is 1. The van der Waals surface area contributed by atoms with Crippen LogP contribution >= 0.6 is 11.3 Å². The molecular weight excluding hydrogens is 256 g/mol. The molecule has 3 nitrogen and oxygen atoms in total. The van der Waals surface area contributed by atoms with Gasteiger partial charge in [0, 0.05) is 31.1 Å². The second-order valence-corrected chi connectivity index (χ2v) is 6.20. The number of hydrogen-bond acceptors (Lipinski definition) is 3. The van der Waals surface area contributed by atoms with Gasteiger partial charge in [0.15, 0.2) is 0 Å². The summed E-state index contributed by atoms with van der Waals surface area (Å²) in [5.74, 6) is 0.550. The maximum atomic E-state index is 12.4. The Hall–Kier alpha value is -0.870. The number of rotatable bonds is 5. The number of hydrogen-bond donors (Lipinski definition) is 0. The van der Waals surface area contributed by atoms with Gasteiger partial charge in [-0.3, -0.25) is 9.69 Å². The van der Waals surface area contributed by atoms with Crippen molar-refractivity contribution in [2.45, 2.75) is 33.2 Å². The Balaban J connectivity index is 1.91. The van der Waals surface area contributed by atoms with Crippen molar-refractivity contribution in [1.29, 1.82) is 0 Å². The summed E-state index contributed by atoms with van der Waals surface area (Å²) < 4.78 is 0. The van der Waals surface area contributed by atoms with Crippen molar-refractivity contribution in [3.8, 4) is 0 Å². The smallest absolute Gasteiger partial charge is 0.226 e. The SMILES string of the molecule is CCN(CC)C(=O)[C@@H]1CCCN(Cc2cccs2)C1. The van der Waals surface area contributed by atoms with Gasteiger partial charge in [-0.25, -0.2) is 0 Å². The first-order chi connectivity index (χ1) is 9.24.